The van der Waals surface area contributed by atoms with Crippen LogP contribution in [-0.4, -0.2) is 30.1 Å². The van der Waals surface area contributed by atoms with Crippen molar-refractivity contribution in [1.29, 1.82) is 0 Å². The summed E-state index contributed by atoms with van der Waals surface area (Å²) in [5, 5.41) is 6.63. The molecule has 0 bridgehead atoms. The second-order valence-corrected chi connectivity index (χ2v) is 5.97. The van der Waals surface area contributed by atoms with Gasteiger partial charge in [0.05, 0.1) is 0 Å². The first kappa shape index (κ1) is 13.4. The van der Waals surface area contributed by atoms with E-state index in [4.69, 9.17) is 4.74 Å². The smallest absolute Gasteiger partial charge is 0.261 e. The molecule has 20 heavy (non-hydrogen) atoms. The van der Waals surface area contributed by atoms with E-state index >= 15 is 0 Å². The van der Waals surface area contributed by atoms with Crippen molar-refractivity contribution in [3.63, 3.8) is 0 Å². The summed E-state index contributed by atoms with van der Waals surface area (Å²) in [6, 6.07) is 8.91. The molecule has 1 aromatic rings. The summed E-state index contributed by atoms with van der Waals surface area (Å²) in [6.07, 6.45) is 2.42. The van der Waals surface area contributed by atoms with Crippen molar-refractivity contribution >= 4 is 5.91 Å². The monoisotopic (exact) mass is 274 g/mol. The number of para-hydroxylation sites is 1. The maximum Gasteiger partial charge on any atom is 0.261 e. The molecule has 0 aliphatic carbocycles. The number of amides is 1. The summed E-state index contributed by atoms with van der Waals surface area (Å²) >= 11 is 0. The second kappa shape index (κ2) is 5.44. The minimum absolute atomic E-state index is 0.00871. The van der Waals surface area contributed by atoms with Gasteiger partial charge in [0.2, 0.25) is 0 Å². The van der Waals surface area contributed by atoms with E-state index in [9.17, 15) is 4.79 Å². The van der Waals surface area contributed by atoms with Crippen LogP contribution in [0.5, 0.6) is 5.75 Å². The molecule has 4 unspecified atom stereocenters. The maximum atomic E-state index is 12.3. The third-order valence-electron chi connectivity index (χ3n) is 4.33. The molecule has 2 N–H and O–H groups in total. The van der Waals surface area contributed by atoms with Crippen LogP contribution >= 0.6 is 0 Å². The molecule has 0 saturated carbocycles. The van der Waals surface area contributed by atoms with Gasteiger partial charge in [0.25, 0.3) is 5.91 Å². The van der Waals surface area contributed by atoms with Gasteiger partial charge in [0, 0.05) is 24.5 Å². The Bertz CT molecular complexity index is 478. The fourth-order valence-corrected chi connectivity index (χ4v) is 3.13. The summed E-state index contributed by atoms with van der Waals surface area (Å²) in [4.78, 5) is 12.3. The summed E-state index contributed by atoms with van der Waals surface area (Å²) < 4.78 is 5.73. The molecule has 2 aliphatic rings. The molecule has 0 spiro atoms. The number of carbonyl (C=O) groups is 1. The first-order chi connectivity index (χ1) is 9.63. The van der Waals surface area contributed by atoms with Gasteiger partial charge in [-0.3, -0.25) is 4.79 Å². The number of ether oxygens (including phenoxy) is 1. The molecule has 0 radical (unpaired) electrons. The molecule has 0 aromatic heterocycles. The topological polar surface area (TPSA) is 50.4 Å². The van der Waals surface area contributed by atoms with E-state index in [1.807, 2.05) is 24.3 Å². The number of hydrogen-bond acceptors (Lipinski definition) is 3. The molecule has 2 aliphatic heterocycles. The van der Waals surface area contributed by atoms with Gasteiger partial charge in [0.15, 0.2) is 6.10 Å². The summed E-state index contributed by atoms with van der Waals surface area (Å²) in [6.45, 7) is 4.32. The zero-order chi connectivity index (χ0) is 14.1. The van der Waals surface area contributed by atoms with Crippen LogP contribution in [0.2, 0.25) is 0 Å². The summed E-state index contributed by atoms with van der Waals surface area (Å²) in [5.41, 5.74) is 1.12. The average molecular weight is 274 g/mol. The van der Waals surface area contributed by atoms with Crippen molar-refractivity contribution in [1.82, 2.24) is 10.6 Å². The first-order valence-corrected chi connectivity index (χ1v) is 7.44. The van der Waals surface area contributed by atoms with Gasteiger partial charge in [-0.2, -0.15) is 0 Å². The molecule has 1 saturated heterocycles. The van der Waals surface area contributed by atoms with E-state index in [1.165, 1.54) is 0 Å². The van der Waals surface area contributed by atoms with E-state index in [0.29, 0.717) is 18.5 Å². The SMILES string of the molecule is CC1CCC(NC(=O)C2Cc3ccccc3O2)C(C)N1. The number of benzene rings is 1. The number of hydrogen-bond donors (Lipinski definition) is 2. The lowest BCUT2D eigenvalue weighted by atomic mass is 9.95. The first-order valence-electron chi connectivity index (χ1n) is 7.44. The molecule has 3 rings (SSSR count). The molecule has 108 valence electrons. The summed E-state index contributed by atoms with van der Waals surface area (Å²) in [7, 11) is 0. The van der Waals surface area contributed by atoms with Crippen LogP contribution in [0.15, 0.2) is 24.3 Å². The van der Waals surface area contributed by atoms with Gasteiger partial charge >= 0.3 is 0 Å². The predicted molar refractivity (Wildman–Crippen MR) is 77.8 cm³/mol. The van der Waals surface area contributed by atoms with Gasteiger partial charge in [0.1, 0.15) is 5.75 Å². The van der Waals surface area contributed by atoms with Crippen LogP contribution in [-0.2, 0) is 11.2 Å². The molecule has 4 atom stereocenters. The Morgan fingerprint density at radius 3 is 2.85 bits per heavy atom. The number of carbonyl (C=O) groups excluding carboxylic acids is 1. The lowest BCUT2D eigenvalue weighted by Gasteiger charge is -2.35. The lowest BCUT2D eigenvalue weighted by Crippen LogP contribution is -2.56. The van der Waals surface area contributed by atoms with E-state index in [1.54, 1.807) is 0 Å². The van der Waals surface area contributed by atoms with Crippen LogP contribution in [0, 0.1) is 0 Å². The van der Waals surface area contributed by atoms with Crippen molar-refractivity contribution in [2.75, 3.05) is 0 Å². The van der Waals surface area contributed by atoms with Crippen LogP contribution in [0.3, 0.4) is 0 Å². The zero-order valence-electron chi connectivity index (χ0n) is 12.1. The predicted octanol–water partition coefficient (Wildman–Crippen LogP) is 1.64. The van der Waals surface area contributed by atoms with Gasteiger partial charge < -0.3 is 15.4 Å². The fraction of sp³-hybridized carbons (Fsp3) is 0.562. The number of piperidine rings is 1. The number of rotatable bonds is 2. The van der Waals surface area contributed by atoms with Crippen LogP contribution in [0.4, 0.5) is 0 Å². The Balaban J connectivity index is 1.59. The van der Waals surface area contributed by atoms with Crippen molar-refractivity contribution in [3.05, 3.63) is 29.8 Å². The van der Waals surface area contributed by atoms with Gasteiger partial charge in [-0.1, -0.05) is 18.2 Å². The van der Waals surface area contributed by atoms with Crippen LogP contribution < -0.4 is 15.4 Å². The maximum absolute atomic E-state index is 12.3. The average Bonchev–Trinajstić information content (AvgIpc) is 2.86. The Labute approximate surface area is 119 Å². The summed E-state index contributed by atoms with van der Waals surface area (Å²) in [5.74, 6) is 0.852. The van der Waals surface area contributed by atoms with E-state index in [2.05, 4.69) is 24.5 Å². The third kappa shape index (κ3) is 2.66. The highest BCUT2D eigenvalue weighted by Gasteiger charge is 2.32. The Hall–Kier alpha value is -1.55. The molecule has 4 nitrogen and oxygen atoms in total. The molecule has 4 heteroatoms. The molecule has 1 amide bonds. The van der Waals surface area contributed by atoms with Crippen LogP contribution in [0.25, 0.3) is 0 Å². The molecular weight excluding hydrogens is 252 g/mol. The Morgan fingerprint density at radius 2 is 2.10 bits per heavy atom. The van der Waals surface area contributed by atoms with E-state index in [0.717, 1.165) is 24.2 Å². The van der Waals surface area contributed by atoms with Gasteiger partial charge in [-0.05, 0) is 38.3 Å². The minimum atomic E-state index is -0.376. The molecule has 2 heterocycles. The highest BCUT2D eigenvalue weighted by atomic mass is 16.5. The van der Waals surface area contributed by atoms with Gasteiger partial charge in [-0.15, -0.1) is 0 Å². The van der Waals surface area contributed by atoms with Crippen molar-refractivity contribution in [3.8, 4) is 5.75 Å². The normalized spacial score (nSPS) is 32.3. The van der Waals surface area contributed by atoms with Crippen molar-refractivity contribution in [2.24, 2.45) is 0 Å². The molecule has 1 aromatic carbocycles. The lowest BCUT2D eigenvalue weighted by molar-refractivity contribution is -0.128. The highest BCUT2D eigenvalue weighted by molar-refractivity contribution is 5.82. The Morgan fingerprint density at radius 1 is 1.30 bits per heavy atom. The fourth-order valence-electron chi connectivity index (χ4n) is 3.13. The van der Waals surface area contributed by atoms with Crippen molar-refractivity contribution < 1.29 is 9.53 Å². The zero-order valence-corrected chi connectivity index (χ0v) is 12.1. The van der Waals surface area contributed by atoms with E-state index < -0.39 is 0 Å². The van der Waals surface area contributed by atoms with Crippen molar-refractivity contribution in [2.45, 2.75) is 57.3 Å². The third-order valence-corrected chi connectivity index (χ3v) is 4.33. The highest BCUT2D eigenvalue weighted by Crippen LogP contribution is 2.28. The standard InChI is InChI=1S/C16H22N2O2/c1-10-7-8-13(11(2)17-10)18-16(19)15-9-12-5-3-4-6-14(12)20-15/h3-6,10-11,13,15,17H,7-9H2,1-2H3,(H,18,19). The number of nitrogens with one attached hydrogen (secondary N) is 2. The number of fused-ring (bicyclic) bond motifs is 1. The Kier molecular flexibility index (Phi) is 3.66. The molecule has 1 fully saturated rings. The molecular formula is C16H22N2O2. The van der Waals surface area contributed by atoms with E-state index in [-0.39, 0.29) is 18.1 Å². The minimum Gasteiger partial charge on any atom is -0.480 e. The van der Waals surface area contributed by atoms with Crippen LogP contribution in [0.1, 0.15) is 32.3 Å². The largest absolute Gasteiger partial charge is 0.480 e. The second-order valence-electron chi connectivity index (χ2n) is 5.97. The van der Waals surface area contributed by atoms with Gasteiger partial charge in [-0.25, -0.2) is 0 Å². The quantitative estimate of drug-likeness (QED) is 0.862.